The highest BCUT2D eigenvalue weighted by atomic mass is 16.6. The molecule has 1 aliphatic carbocycles. The summed E-state index contributed by atoms with van der Waals surface area (Å²) in [7, 11) is 0. The van der Waals surface area contributed by atoms with Gasteiger partial charge in [-0.05, 0) is 76.6 Å². The second-order valence-corrected chi connectivity index (χ2v) is 11.1. The number of carbonyl (C=O) groups is 5. The van der Waals surface area contributed by atoms with Crippen molar-refractivity contribution >= 4 is 40.7 Å². The quantitative estimate of drug-likeness (QED) is 0.361. The van der Waals surface area contributed by atoms with Gasteiger partial charge in [0.2, 0.25) is 11.5 Å². The first kappa shape index (κ1) is 32.5. The van der Waals surface area contributed by atoms with E-state index in [2.05, 4.69) is 10.3 Å². The first-order valence-corrected chi connectivity index (χ1v) is 15.0. The number of pyridine rings is 1. The summed E-state index contributed by atoms with van der Waals surface area (Å²) in [5.74, 6) is -2.43. The van der Waals surface area contributed by atoms with Gasteiger partial charge in [0.25, 0.3) is 5.91 Å². The van der Waals surface area contributed by atoms with E-state index < -0.39 is 41.5 Å². The van der Waals surface area contributed by atoms with Crippen molar-refractivity contribution in [3.05, 3.63) is 35.0 Å². The van der Waals surface area contributed by atoms with Crippen molar-refractivity contribution < 1.29 is 43.3 Å². The number of esters is 1. The molecule has 1 aromatic carbocycles. The lowest BCUT2D eigenvalue weighted by Crippen LogP contribution is -2.56. The van der Waals surface area contributed by atoms with Gasteiger partial charge in [-0.1, -0.05) is 0 Å². The zero-order chi connectivity index (χ0) is 32.0. The number of carboxylic acids is 1. The third-order valence-corrected chi connectivity index (χ3v) is 8.10. The van der Waals surface area contributed by atoms with Gasteiger partial charge in [0.05, 0.1) is 18.7 Å². The molecule has 0 radical (unpaired) electrons. The Kier molecular flexibility index (Phi) is 10.3. The molecule has 1 aliphatic heterocycles. The van der Waals surface area contributed by atoms with Gasteiger partial charge < -0.3 is 34.4 Å². The van der Waals surface area contributed by atoms with Crippen LogP contribution in [-0.2, 0) is 23.9 Å². The number of ether oxygens (including phenoxy) is 3. The molecular weight excluding hydrogens is 572 g/mol. The number of piperazine rings is 1. The molecule has 1 unspecified atom stereocenters. The predicted octanol–water partition coefficient (Wildman–Crippen LogP) is 2.98. The van der Waals surface area contributed by atoms with Gasteiger partial charge in [0.1, 0.15) is 17.5 Å². The van der Waals surface area contributed by atoms with E-state index in [0.29, 0.717) is 29.5 Å². The molecule has 1 saturated heterocycles. The number of nitrogens with one attached hydrogen (secondary N) is 1. The Bertz CT molecular complexity index is 1430. The zero-order valence-electron chi connectivity index (χ0n) is 25.6. The number of aliphatic carboxylic acids is 1. The molecule has 13 heteroatoms. The van der Waals surface area contributed by atoms with Crippen LogP contribution in [0, 0.1) is 13.8 Å². The average molecular weight is 613 g/mol. The van der Waals surface area contributed by atoms with E-state index in [1.165, 1.54) is 15.9 Å². The van der Waals surface area contributed by atoms with Crippen LogP contribution in [0.1, 0.15) is 67.6 Å². The molecule has 2 aliphatic rings. The molecule has 3 amide bonds. The lowest BCUT2D eigenvalue weighted by atomic mass is 9.80. The third-order valence-electron chi connectivity index (χ3n) is 8.10. The normalized spacial score (nSPS) is 16.5. The van der Waals surface area contributed by atoms with Gasteiger partial charge in [-0.3, -0.25) is 14.4 Å². The average Bonchev–Trinajstić information content (AvgIpc) is 2.97. The molecule has 2 N–H and O–H groups in total. The van der Waals surface area contributed by atoms with Gasteiger partial charge in [-0.25, -0.2) is 14.6 Å². The Labute approximate surface area is 255 Å². The number of aryl methyl sites for hydroxylation is 2. The number of fused-ring (bicyclic) bond motifs is 1. The largest absolute Gasteiger partial charge is 0.481 e. The maximum absolute atomic E-state index is 13.6. The predicted molar refractivity (Wildman–Crippen MR) is 158 cm³/mol. The monoisotopic (exact) mass is 612 g/mol. The van der Waals surface area contributed by atoms with E-state index >= 15 is 0 Å². The SMILES string of the molecule is CCOC(=O)N1CCN(C(=O)C(CCC(=O)O)NC(=O)c2cc(OC3(C(=O)OCC)CCC3)c3cc(C)c(C)cc3n2)CC1. The molecule has 238 valence electrons. The van der Waals surface area contributed by atoms with Crippen LogP contribution in [0.3, 0.4) is 0 Å². The minimum atomic E-state index is -1.16. The van der Waals surface area contributed by atoms with E-state index in [4.69, 9.17) is 14.2 Å². The number of benzene rings is 1. The Balaban J connectivity index is 1.60. The number of aromatic nitrogens is 1. The molecule has 1 saturated carbocycles. The Morgan fingerprint density at radius 3 is 2.18 bits per heavy atom. The number of rotatable bonds is 11. The van der Waals surface area contributed by atoms with E-state index in [1.807, 2.05) is 26.0 Å². The van der Waals surface area contributed by atoms with Crippen LogP contribution in [0.4, 0.5) is 4.79 Å². The van der Waals surface area contributed by atoms with E-state index in [9.17, 15) is 29.1 Å². The van der Waals surface area contributed by atoms with Crippen molar-refractivity contribution in [2.45, 2.75) is 71.4 Å². The number of carboxylic acid groups (broad SMARTS) is 1. The van der Waals surface area contributed by atoms with Crippen LogP contribution in [-0.4, -0.2) is 101 Å². The van der Waals surface area contributed by atoms with Gasteiger partial charge in [0, 0.05) is 44.1 Å². The van der Waals surface area contributed by atoms with Crippen molar-refractivity contribution in [2.75, 3.05) is 39.4 Å². The molecule has 2 aromatic rings. The van der Waals surface area contributed by atoms with Crippen molar-refractivity contribution in [1.29, 1.82) is 0 Å². The van der Waals surface area contributed by atoms with Crippen LogP contribution >= 0.6 is 0 Å². The van der Waals surface area contributed by atoms with Crippen LogP contribution in [0.5, 0.6) is 5.75 Å². The van der Waals surface area contributed by atoms with Gasteiger partial charge in [-0.2, -0.15) is 0 Å². The number of hydrogen-bond donors (Lipinski definition) is 2. The van der Waals surface area contributed by atoms with E-state index in [0.717, 1.165) is 17.5 Å². The highest BCUT2D eigenvalue weighted by Crippen LogP contribution is 2.40. The lowest BCUT2D eigenvalue weighted by molar-refractivity contribution is -0.169. The fourth-order valence-corrected chi connectivity index (χ4v) is 5.28. The van der Waals surface area contributed by atoms with Gasteiger partial charge >= 0.3 is 18.0 Å². The molecule has 0 bridgehead atoms. The first-order chi connectivity index (χ1) is 21.0. The maximum Gasteiger partial charge on any atom is 0.409 e. The second-order valence-electron chi connectivity index (χ2n) is 11.1. The Hall–Kier alpha value is -4.42. The van der Waals surface area contributed by atoms with E-state index in [-0.39, 0.29) is 57.9 Å². The van der Waals surface area contributed by atoms with Crippen LogP contribution in [0.25, 0.3) is 10.9 Å². The summed E-state index contributed by atoms with van der Waals surface area (Å²) in [5.41, 5.74) is 1.17. The van der Waals surface area contributed by atoms with Gasteiger partial charge in [0.15, 0.2) is 0 Å². The maximum atomic E-state index is 13.6. The Morgan fingerprint density at radius 2 is 1.59 bits per heavy atom. The topological polar surface area (TPSA) is 165 Å². The summed E-state index contributed by atoms with van der Waals surface area (Å²) in [6, 6.07) is 4.01. The minimum absolute atomic E-state index is 0.0469. The molecule has 0 spiro atoms. The molecule has 2 fully saturated rings. The Morgan fingerprint density at radius 1 is 0.955 bits per heavy atom. The second kappa shape index (κ2) is 13.9. The highest BCUT2D eigenvalue weighted by molar-refractivity contribution is 6.00. The van der Waals surface area contributed by atoms with Crippen LogP contribution < -0.4 is 10.1 Å². The molecule has 1 aromatic heterocycles. The molecule has 2 heterocycles. The van der Waals surface area contributed by atoms with Gasteiger partial charge in [-0.15, -0.1) is 0 Å². The van der Waals surface area contributed by atoms with Crippen LogP contribution in [0.2, 0.25) is 0 Å². The molecule has 44 heavy (non-hydrogen) atoms. The number of hydrogen-bond acceptors (Lipinski definition) is 9. The standard InChI is InChI=1S/C31H40N4O9/c1-5-42-29(40)31(10-7-11-31)44-25-18-24(32-23-17-20(4)19(3)16-21(23)25)27(38)33-22(8-9-26(36)37)28(39)34-12-14-35(15-13-34)30(41)43-6-2/h16-18,22H,5-15H2,1-4H3,(H,33,38)(H,36,37). The number of amides is 3. The van der Waals surface area contributed by atoms with E-state index in [1.54, 1.807) is 13.8 Å². The molecule has 13 nitrogen and oxygen atoms in total. The minimum Gasteiger partial charge on any atom is -0.481 e. The van der Waals surface area contributed by atoms with Crippen molar-refractivity contribution in [2.24, 2.45) is 0 Å². The number of carbonyl (C=O) groups excluding carboxylic acids is 4. The van der Waals surface area contributed by atoms with Crippen LogP contribution in [0.15, 0.2) is 18.2 Å². The summed E-state index contributed by atoms with van der Waals surface area (Å²) >= 11 is 0. The summed E-state index contributed by atoms with van der Waals surface area (Å²) in [6.07, 6.45) is 0.773. The first-order valence-electron chi connectivity index (χ1n) is 15.0. The van der Waals surface area contributed by atoms with Crippen molar-refractivity contribution in [3.8, 4) is 5.75 Å². The zero-order valence-corrected chi connectivity index (χ0v) is 25.6. The summed E-state index contributed by atoms with van der Waals surface area (Å²) in [4.78, 5) is 71.0. The highest BCUT2D eigenvalue weighted by Gasteiger charge is 2.48. The number of nitrogens with zero attached hydrogens (tertiary/aromatic N) is 3. The van der Waals surface area contributed by atoms with Crippen molar-refractivity contribution in [3.63, 3.8) is 0 Å². The third kappa shape index (κ3) is 7.20. The fourth-order valence-electron chi connectivity index (χ4n) is 5.28. The summed E-state index contributed by atoms with van der Waals surface area (Å²) in [5, 5.41) is 12.6. The molecule has 4 rings (SSSR count). The molecule has 1 atom stereocenters. The fraction of sp³-hybridized carbons (Fsp3) is 0.548. The van der Waals surface area contributed by atoms with Crippen molar-refractivity contribution in [1.82, 2.24) is 20.1 Å². The summed E-state index contributed by atoms with van der Waals surface area (Å²) in [6.45, 7) is 8.64. The molecular formula is C31H40N4O9. The lowest BCUT2D eigenvalue weighted by Gasteiger charge is -2.39. The smallest absolute Gasteiger partial charge is 0.409 e. The summed E-state index contributed by atoms with van der Waals surface area (Å²) < 4.78 is 16.7.